The monoisotopic (exact) mass is 326 g/mol. The van der Waals surface area contributed by atoms with Gasteiger partial charge in [-0.25, -0.2) is 0 Å². The van der Waals surface area contributed by atoms with E-state index in [0.717, 1.165) is 42.4 Å². The first-order chi connectivity index (χ1) is 9.08. The molecule has 1 aromatic heterocycles. The molecule has 0 aliphatic carbocycles. The fourth-order valence-corrected chi connectivity index (χ4v) is 3.51. The van der Waals surface area contributed by atoms with Crippen LogP contribution in [-0.2, 0) is 6.54 Å². The highest BCUT2D eigenvalue weighted by Gasteiger charge is 2.34. The Labute approximate surface area is 124 Å². The van der Waals surface area contributed by atoms with Crippen LogP contribution in [0.2, 0.25) is 0 Å². The number of aryl methyl sites for hydroxylation is 1. The normalized spacial score (nSPS) is 23.1. The summed E-state index contributed by atoms with van der Waals surface area (Å²) in [5.41, 5.74) is 0.820. The Morgan fingerprint density at radius 2 is 2.16 bits per heavy atom. The molecule has 4 heteroatoms. The molecule has 1 fully saturated rings. The van der Waals surface area contributed by atoms with Crippen molar-refractivity contribution >= 4 is 21.8 Å². The van der Waals surface area contributed by atoms with E-state index in [1.54, 1.807) is 0 Å². The Balaban J connectivity index is 2.27. The van der Waals surface area contributed by atoms with Crippen molar-refractivity contribution in [3.63, 3.8) is 0 Å². The second-order valence-electron chi connectivity index (χ2n) is 5.44. The SMILES string of the molecule is CCCn1cc(Br)cc1C(=O)N1C(C)CCC1CC. The lowest BCUT2D eigenvalue weighted by Gasteiger charge is -2.28. The average molecular weight is 327 g/mol. The summed E-state index contributed by atoms with van der Waals surface area (Å²) in [5.74, 6) is 0.191. The van der Waals surface area contributed by atoms with E-state index in [1.165, 1.54) is 0 Å². The van der Waals surface area contributed by atoms with E-state index in [1.807, 2.05) is 12.3 Å². The third-order valence-electron chi connectivity index (χ3n) is 4.04. The summed E-state index contributed by atoms with van der Waals surface area (Å²) < 4.78 is 3.06. The predicted molar refractivity (Wildman–Crippen MR) is 81.4 cm³/mol. The van der Waals surface area contributed by atoms with Gasteiger partial charge in [-0.15, -0.1) is 0 Å². The minimum absolute atomic E-state index is 0.191. The van der Waals surface area contributed by atoms with E-state index in [0.29, 0.717) is 12.1 Å². The van der Waals surface area contributed by atoms with Crippen LogP contribution in [0.25, 0.3) is 0 Å². The summed E-state index contributed by atoms with van der Waals surface area (Å²) in [6, 6.07) is 2.72. The van der Waals surface area contributed by atoms with Crippen LogP contribution in [0.4, 0.5) is 0 Å². The molecule has 2 unspecified atom stereocenters. The van der Waals surface area contributed by atoms with Gasteiger partial charge in [0, 0.05) is 29.3 Å². The molecule has 3 nitrogen and oxygen atoms in total. The van der Waals surface area contributed by atoms with E-state index in [2.05, 4.69) is 46.2 Å². The predicted octanol–water partition coefficient (Wildman–Crippen LogP) is 4.06. The van der Waals surface area contributed by atoms with Gasteiger partial charge in [0.15, 0.2) is 0 Å². The first-order valence-corrected chi connectivity index (χ1v) is 8.06. The van der Waals surface area contributed by atoms with Crippen molar-refractivity contribution in [2.45, 2.75) is 65.1 Å². The number of carbonyl (C=O) groups is 1. The maximum Gasteiger partial charge on any atom is 0.271 e. The van der Waals surface area contributed by atoms with Crippen LogP contribution < -0.4 is 0 Å². The van der Waals surface area contributed by atoms with E-state index >= 15 is 0 Å². The molecular weight excluding hydrogens is 304 g/mol. The van der Waals surface area contributed by atoms with Gasteiger partial charge in [-0.3, -0.25) is 4.79 Å². The summed E-state index contributed by atoms with van der Waals surface area (Å²) >= 11 is 3.49. The van der Waals surface area contributed by atoms with Gasteiger partial charge in [0.25, 0.3) is 5.91 Å². The van der Waals surface area contributed by atoms with Gasteiger partial charge in [-0.05, 0) is 54.6 Å². The molecule has 0 saturated carbocycles. The number of carbonyl (C=O) groups excluding carboxylic acids is 1. The van der Waals surface area contributed by atoms with Gasteiger partial charge in [0.05, 0.1) is 0 Å². The van der Waals surface area contributed by atoms with Crippen LogP contribution in [0.3, 0.4) is 0 Å². The number of hydrogen-bond acceptors (Lipinski definition) is 1. The quantitative estimate of drug-likeness (QED) is 0.818. The molecule has 106 valence electrons. The Morgan fingerprint density at radius 3 is 2.79 bits per heavy atom. The van der Waals surface area contributed by atoms with Crippen LogP contribution in [0.15, 0.2) is 16.7 Å². The minimum atomic E-state index is 0.191. The summed E-state index contributed by atoms with van der Waals surface area (Å²) in [7, 11) is 0. The van der Waals surface area contributed by atoms with Gasteiger partial charge >= 0.3 is 0 Å². The minimum Gasteiger partial charge on any atom is -0.342 e. The summed E-state index contributed by atoms with van der Waals surface area (Å²) in [6.07, 6.45) is 6.36. The van der Waals surface area contributed by atoms with Gasteiger partial charge < -0.3 is 9.47 Å². The standard InChI is InChI=1S/C15H23BrN2O/c1-4-8-17-10-12(16)9-14(17)15(19)18-11(3)6-7-13(18)5-2/h9-11,13H,4-8H2,1-3H3. The molecule has 1 saturated heterocycles. The zero-order chi connectivity index (χ0) is 14.0. The van der Waals surface area contributed by atoms with Crippen molar-refractivity contribution in [2.75, 3.05) is 0 Å². The lowest BCUT2D eigenvalue weighted by Crippen LogP contribution is -2.40. The van der Waals surface area contributed by atoms with Gasteiger partial charge in [-0.2, -0.15) is 0 Å². The molecule has 1 aliphatic heterocycles. The van der Waals surface area contributed by atoms with Crippen LogP contribution in [0.5, 0.6) is 0 Å². The molecule has 1 aromatic rings. The van der Waals surface area contributed by atoms with E-state index < -0.39 is 0 Å². The third kappa shape index (κ3) is 2.88. The number of halogens is 1. The largest absolute Gasteiger partial charge is 0.342 e. The zero-order valence-electron chi connectivity index (χ0n) is 12.0. The number of amides is 1. The molecule has 0 N–H and O–H groups in total. The highest BCUT2D eigenvalue weighted by molar-refractivity contribution is 9.10. The molecule has 0 bridgehead atoms. The number of likely N-dealkylation sites (tertiary alicyclic amines) is 1. The maximum absolute atomic E-state index is 12.8. The van der Waals surface area contributed by atoms with Crippen molar-refractivity contribution in [1.82, 2.24) is 9.47 Å². The second-order valence-corrected chi connectivity index (χ2v) is 6.35. The fourth-order valence-electron chi connectivity index (χ4n) is 3.05. The first-order valence-electron chi connectivity index (χ1n) is 7.26. The van der Waals surface area contributed by atoms with Crippen molar-refractivity contribution < 1.29 is 4.79 Å². The molecule has 2 heterocycles. The Hall–Kier alpha value is -0.770. The fraction of sp³-hybridized carbons (Fsp3) is 0.667. The molecule has 0 radical (unpaired) electrons. The molecule has 0 spiro atoms. The van der Waals surface area contributed by atoms with E-state index in [9.17, 15) is 4.79 Å². The molecule has 19 heavy (non-hydrogen) atoms. The third-order valence-corrected chi connectivity index (χ3v) is 4.47. The van der Waals surface area contributed by atoms with Gasteiger partial charge in [-0.1, -0.05) is 13.8 Å². The lowest BCUT2D eigenvalue weighted by molar-refractivity contribution is 0.0665. The van der Waals surface area contributed by atoms with Crippen molar-refractivity contribution in [3.05, 3.63) is 22.4 Å². The number of hydrogen-bond donors (Lipinski definition) is 0. The smallest absolute Gasteiger partial charge is 0.271 e. The number of nitrogens with zero attached hydrogens (tertiary/aromatic N) is 2. The zero-order valence-corrected chi connectivity index (χ0v) is 13.6. The molecule has 0 aromatic carbocycles. The molecule has 2 rings (SSSR count). The number of aromatic nitrogens is 1. The maximum atomic E-state index is 12.8. The van der Waals surface area contributed by atoms with Crippen LogP contribution in [-0.4, -0.2) is 27.5 Å². The Kier molecular flexibility index (Phi) is 4.71. The molecular formula is C15H23BrN2O. The highest BCUT2D eigenvalue weighted by atomic mass is 79.9. The van der Waals surface area contributed by atoms with Crippen molar-refractivity contribution in [2.24, 2.45) is 0 Å². The van der Waals surface area contributed by atoms with Crippen LogP contribution in [0.1, 0.15) is 56.9 Å². The van der Waals surface area contributed by atoms with E-state index in [4.69, 9.17) is 0 Å². The highest BCUT2D eigenvalue weighted by Crippen LogP contribution is 2.29. The average Bonchev–Trinajstić information content (AvgIpc) is 2.92. The summed E-state index contributed by atoms with van der Waals surface area (Å²) in [5, 5.41) is 0. The van der Waals surface area contributed by atoms with E-state index in [-0.39, 0.29) is 5.91 Å². The van der Waals surface area contributed by atoms with Crippen LogP contribution >= 0.6 is 15.9 Å². The summed E-state index contributed by atoms with van der Waals surface area (Å²) in [4.78, 5) is 14.9. The molecule has 1 aliphatic rings. The molecule has 1 amide bonds. The molecule has 2 atom stereocenters. The van der Waals surface area contributed by atoms with Crippen molar-refractivity contribution in [3.8, 4) is 0 Å². The second kappa shape index (κ2) is 6.12. The van der Waals surface area contributed by atoms with Gasteiger partial charge in [0.1, 0.15) is 5.69 Å². The van der Waals surface area contributed by atoms with Crippen molar-refractivity contribution in [1.29, 1.82) is 0 Å². The summed E-state index contributed by atoms with van der Waals surface area (Å²) in [6.45, 7) is 7.36. The van der Waals surface area contributed by atoms with Crippen LogP contribution in [0, 0.1) is 0 Å². The Bertz CT molecular complexity index is 455. The van der Waals surface area contributed by atoms with Gasteiger partial charge in [0.2, 0.25) is 0 Å². The Morgan fingerprint density at radius 1 is 1.42 bits per heavy atom. The lowest BCUT2D eigenvalue weighted by atomic mass is 10.1. The number of rotatable bonds is 4. The first kappa shape index (κ1) is 14.6. The topological polar surface area (TPSA) is 25.2 Å².